The fourth-order valence-corrected chi connectivity index (χ4v) is 0.386. The molecule has 7 heteroatoms. The lowest BCUT2D eigenvalue weighted by Crippen LogP contribution is -2.29. The summed E-state index contributed by atoms with van der Waals surface area (Å²) < 4.78 is 4.36. The Labute approximate surface area is 78.9 Å². The zero-order valence-corrected chi connectivity index (χ0v) is 7.69. The predicted molar refractivity (Wildman–Crippen MR) is 41.7 cm³/mol. The first-order valence-corrected chi connectivity index (χ1v) is 3.86. The number of halogens is 2. The summed E-state index contributed by atoms with van der Waals surface area (Å²) in [6.07, 6.45) is -0.875. The first kappa shape index (κ1) is 11.3. The second kappa shape index (κ2) is 5.91. The van der Waals surface area contributed by atoms with E-state index in [1.165, 1.54) is 0 Å². The number of ether oxygens (including phenoxy) is 1. The highest BCUT2D eigenvalue weighted by molar-refractivity contribution is 6.52. The minimum Gasteiger partial charge on any atom is -0.448 e. The Kier molecular flexibility index (Phi) is 5.57. The lowest BCUT2D eigenvalue weighted by molar-refractivity contribution is -0.147. The van der Waals surface area contributed by atoms with Crippen LogP contribution in [0.25, 0.3) is 0 Å². The van der Waals surface area contributed by atoms with Crippen LogP contribution in [0.3, 0.4) is 0 Å². The Morgan fingerprint density at radius 1 is 1.50 bits per heavy atom. The van der Waals surface area contributed by atoms with Crippen LogP contribution in [0.5, 0.6) is 0 Å². The van der Waals surface area contributed by atoms with Gasteiger partial charge in [0.15, 0.2) is 0 Å². The number of hydroxylamine groups is 1. The van der Waals surface area contributed by atoms with Crippen molar-refractivity contribution in [2.24, 2.45) is 0 Å². The van der Waals surface area contributed by atoms with Crippen LogP contribution < -0.4 is 5.48 Å². The van der Waals surface area contributed by atoms with E-state index in [1.807, 2.05) is 0 Å². The van der Waals surface area contributed by atoms with Crippen molar-refractivity contribution in [3.8, 4) is 0 Å². The molecule has 12 heavy (non-hydrogen) atoms. The van der Waals surface area contributed by atoms with E-state index in [2.05, 4.69) is 9.57 Å². The second-order valence-corrected chi connectivity index (χ2v) is 2.64. The number of carbonyl (C=O) groups excluding carboxylic acids is 2. The van der Waals surface area contributed by atoms with Gasteiger partial charge in [-0.15, -0.1) is 5.48 Å². The Hall–Kier alpha value is -0.680. The quantitative estimate of drug-likeness (QED) is 0.552. The highest BCUT2D eigenvalue weighted by atomic mass is 35.5. The van der Waals surface area contributed by atoms with Crippen molar-refractivity contribution in [1.82, 2.24) is 5.48 Å². The number of hydrogen-bond donors (Lipinski definition) is 1. The van der Waals surface area contributed by atoms with Crippen LogP contribution >= 0.6 is 23.2 Å². The minimum atomic E-state index is -1.33. The molecule has 5 nitrogen and oxygen atoms in total. The van der Waals surface area contributed by atoms with E-state index in [1.54, 1.807) is 12.4 Å². The van der Waals surface area contributed by atoms with Gasteiger partial charge in [-0.1, -0.05) is 23.2 Å². The third-order valence-corrected chi connectivity index (χ3v) is 1.04. The van der Waals surface area contributed by atoms with Gasteiger partial charge < -0.3 is 9.57 Å². The predicted octanol–water partition coefficient (Wildman–Crippen LogP) is 0.994. The van der Waals surface area contributed by atoms with E-state index >= 15 is 0 Å². The van der Waals surface area contributed by atoms with Gasteiger partial charge in [0.25, 0.3) is 0 Å². The molecule has 0 aliphatic rings. The summed E-state index contributed by atoms with van der Waals surface area (Å²) in [6.45, 7) is 1.78. The van der Waals surface area contributed by atoms with Gasteiger partial charge in [0.2, 0.25) is 4.84 Å². The van der Waals surface area contributed by atoms with Crippen LogP contribution in [0, 0.1) is 0 Å². The Bertz CT molecular complexity index is 173. The highest BCUT2D eigenvalue weighted by Gasteiger charge is 2.14. The largest absolute Gasteiger partial charge is 0.448 e. The zero-order valence-electron chi connectivity index (χ0n) is 6.17. The topological polar surface area (TPSA) is 64.6 Å². The fraction of sp³-hybridized carbons (Fsp3) is 0.600. The van der Waals surface area contributed by atoms with Crippen molar-refractivity contribution < 1.29 is 19.2 Å². The molecule has 0 saturated carbocycles. The molecule has 0 saturated heterocycles. The maximum absolute atomic E-state index is 10.5. The van der Waals surface area contributed by atoms with Gasteiger partial charge in [0.05, 0.1) is 6.61 Å². The molecule has 1 amide bonds. The first-order chi connectivity index (χ1) is 5.57. The van der Waals surface area contributed by atoms with Crippen LogP contribution in [0.2, 0.25) is 0 Å². The Balaban J connectivity index is 3.54. The summed E-state index contributed by atoms with van der Waals surface area (Å²) in [5.74, 6) is -0.966. The van der Waals surface area contributed by atoms with E-state index in [4.69, 9.17) is 23.2 Å². The summed E-state index contributed by atoms with van der Waals surface area (Å²) in [5.41, 5.74) is 1.69. The zero-order chi connectivity index (χ0) is 9.56. The average Bonchev–Trinajstić information content (AvgIpc) is 2.00. The van der Waals surface area contributed by atoms with Crippen LogP contribution in [-0.2, 0) is 14.4 Å². The number of rotatable bonds is 2. The molecule has 0 rings (SSSR count). The molecule has 0 aliphatic carbocycles. The van der Waals surface area contributed by atoms with Crippen molar-refractivity contribution in [2.45, 2.75) is 11.8 Å². The van der Waals surface area contributed by atoms with Gasteiger partial charge in [0.1, 0.15) is 0 Å². The van der Waals surface area contributed by atoms with E-state index in [9.17, 15) is 9.59 Å². The molecule has 0 aliphatic heterocycles. The molecule has 1 N–H and O–H groups in total. The Morgan fingerprint density at radius 3 is 2.50 bits per heavy atom. The molecule has 0 heterocycles. The highest BCUT2D eigenvalue weighted by Crippen LogP contribution is 2.02. The van der Waals surface area contributed by atoms with Crippen molar-refractivity contribution in [2.75, 3.05) is 6.61 Å². The SMILES string of the molecule is CCOC(=O)NOC(=O)C(Cl)Cl. The summed E-state index contributed by atoms with van der Waals surface area (Å²) in [7, 11) is 0. The number of hydrogen-bond acceptors (Lipinski definition) is 4. The number of amides is 1. The smallest absolute Gasteiger partial charge is 0.440 e. The van der Waals surface area contributed by atoms with Crippen molar-refractivity contribution in [3.05, 3.63) is 0 Å². The lowest BCUT2D eigenvalue weighted by atomic mass is 10.8. The summed E-state index contributed by atoms with van der Waals surface area (Å²) in [6, 6.07) is 0. The van der Waals surface area contributed by atoms with Crippen molar-refractivity contribution >= 4 is 35.3 Å². The molecule has 0 atom stereocenters. The number of nitrogens with one attached hydrogen (secondary N) is 1. The molecule has 0 unspecified atom stereocenters. The summed E-state index contributed by atoms with van der Waals surface area (Å²) >= 11 is 10.2. The Morgan fingerprint density at radius 2 is 2.08 bits per heavy atom. The van der Waals surface area contributed by atoms with Gasteiger partial charge >= 0.3 is 12.1 Å². The first-order valence-electron chi connectivity index (χ1n) is 2.99. The van der Waals surface area contributed by atoms with E-state index in [0.717, 1.165) is 0 Å². The van der Waals surface area contributed by atoms with Crippen molar-refractivity contribution in [1.29, 1.82) is 0 Å². The normalized spacial score (nSPS) is 9.33. The summed E-state index contributed by atoms with van der Waals surface area (Å²) in [5, 5.41) is 0. The molecular formula is C5H7Cl2NO4. The van der Waals surface area contributed by atoms with E-state index in [-0.39, 0.29) is 6.61 Å². The van der Waals surface area contributed by atoms with Crippen LogP contribution in [-0.4, -0.2) is 23.5 Å². The van der Waals surface area contributed by atoms with Crippen LogP contribution in [0.15, 0.2) is 0 Å². The number of alkyl halides is 2. The van der Waals surface area contributed by atoms with Gasteiger partial charge in [-0.2, -0.15) is 0 Å². The third-order valence-electron chi connectivity index (χ3n) is 0.689. The third kappa shape index (κ3) is 5.03. The van der Waals surface area contributed by atoms with Gasteiger partial charge in [-0.3, -0.25) is 0 Å². The average molecular weight is 216 g/mol. The molecule has 0 spiro atoms. The fourth-order valence-electron chi connectivity index (χ4n) is 0.297. The maximum Gasteiger partial charge on any atom is 0.440 e. The molecule has 0 fully saturated rings. The molecule has 0 aromatic carbocycles. The van der Waals surface area contributed by atoms with Crippen LogP contribution in [0.4, 0.5) is 4.79 Å². The molecule has 0 aromatic heterocycles. The van der Waals surface area contributed by atoms with E-state index < -0.39 is 16.9 Å². The summed E-state index contributed by atoms with van der Waals surface area (Å²) in [4.78, 5) is 23.7. The van der Waals surface area contributed by atoms with Crippen molar-refractivity contribution in [3.63, 3.8) is 0 Å². The molecule has 0 radical (unpaired) electrons. The maximum atomic E-state index is 10.5. The second-order valence-electron chi connectivity index (χ2n) is 1.54. The molecule has 0 aromatic rings. The van der Waals surface area contributed by atoms with Gasteiger partial charge in [0, 0.05) is 0 Å². The van der Waals surface area contributed by atoms with E-state index in [0.29, 0.717) is 0 Å². The minimum absolute atomic E-state index is 0.175. The van der Waals surface area contributed by atoms with Crippen LogP contribution in [0.1, 0.15) is 6.92 Å². The number of carbonyl (C=O) groups is 2. The van der Waals surface area contributed by atoms with Gasteiger partial charge in [-0.25, -0.2) is 9.59 Å². The van der Waals surface area contributed by atoms with Gasteiger partial charge in [-0.05, 0) is 6.92 Å². The monoisotopic (exact) mass is 215 g/mol. The standard InChI is InChI=1S/C5H7Cl2NO4/c1-2-11-5(10)8-12-4(9)3(6)7/h3H,2H2,1H3,(H,8,10). The molecular weight excluding hydrogens is 209 g/mol. The molecule has 0 bridgehead atoms. The lowest BCUT2D eigenvalue weighted by Gasteiger charge is -2.04. The molecule has 70 valence electrons.